The molecule has 0 aromatic heterocycles. The molecular formula is C48H98N2O6P+. The highest BCUT2D eigenvalue weighted by atomic mass is 31.2. The van der Waals surface area contributed by atoms with Crippen molar-refractivity contribution in [3.63, 3.8) is 0 Å². The Balaban J connectivity index is 4.15. The second-order valence-corrected chi connectivity index (χ2v) is 19.6. The monoisotopic (exact) mass is 830 g/mol. The molecular weight excluding hydrogens is 732 g/mol. The number of nitrogens with one attached hydrogen (secondary N) is 1. The minimum absolute atomic E-state index is 0.0749. The van der Waals surface area contributed by atoms with E-state index in [2.05, 4.69) is 31.3 Å². The zero-order valence-corrected chi connectivity index (χ0v) is 39.5. The maximum Gasteiger partial charge on any atom is 0.472 e. The van der Waals surface area contributed by atoms with Crippen LogP contribution in [0.4, 0.5) is 0 Å². The Morgan fingerprint density at radius 1 is 0.579 bits per heavy atom. The first-order valence-corrected chi connectivity index (χ1v) is 26.0. The maximum absolute atomic E-state index is 12.9. The second-order valence-electron chi connectivity index (χ2n) is 18.2. The van der Waals surface area contributed by atoms with Crippen LogP contribution >= 0.6 is 7.82 Å². The molecule has 1 amide bonds. The van der Waals surface area contributed by atoms with Gasteiger partial charge in [0.05, 0.1) is 39.9 Å². The van der Waals surface area contributed by atoms with Gasteiger partial charge in [0, 0.05) is 6.42 Å². The van der Waals surface area contributed by atoms with E-state index in [4.69, 9.17) is 9.05 Å². The highest BCUT2D eigenvalue weighted by Crippen LogP contribution is 2.43. The van der Waals surface area contributed by atoms with E-state index >= 15 is 0 Å². The number of likely N-dealkylation sites (N-methyl/N-ethyl adjacent to an activating group) is 1. The number of allylic oxidation sites excluding steroid dienone is 2. The molecule has 3 unspecified atom stereocenters. The molecule has 0 aliphatic heterocycles. The van der Waals surface area contributed by atoms with Gasteiger partial charge in [-0.25, -0.2) is 4.57 Å². The molecule has 0 bridgehead atoms. The first-order chi connectivity index (χ1) is 27.5. The molecule has 8 nitrogen and oxygen atoms in total. The fraction of sp³-hybridized carbons (Fsp3) is 0.938. The van der Waals surface area contributed by atoms with Gasteiger partial charge in [-0.15, -0.1) is 0 Å². The van der Waals surface area contributed by atoms with Crippen LogP contribution in [0.5, 0.6) is 0 Å². The molecule has 57 heavy (non-hydrogen) atoms. The fourth-order valence-corrected chi connectivity index (χ4v) is 8.06. The molecule has 0 saturated heterocycles. The molecule has 0 spiro atoms. The molecule has 0 heterocycles. The number of rotatable bonds is 45. The van der Waals surface area contributed by atoms with Gasteiger partial charge in [-0.3, -0.25) is 13.8 Å². The topological polar surface area (TPSA) is 105 Å². The van der Waals surface area contributed by atoms with Crippen molar-refractivity contribution in [2.45, 2.75) is 251 Å². The number of amides is 1. The van der Waals surface area contributed by atoms with Gasteiger partial charge in [0.25, 0.3) is 0 Å². The Labute approximate surface area is 354 Å². The summed E-state index contributed by atoms with van der Waals surface area (Å²) in [4.78, 5) is 23.1. The normalized spacial score (nSPS) is 14.3. The van der Waals surface area contributed by atoms with E-state index in [1.54, 1.807) is 0 Å². The number of phosphoric acid groups is 1. The number of aliphatic hydroxyl groups is 1. The predicted molar refractivity (Wildman–Crippen MR) is 245 cm³/mol. The third-order valence-corrected chi connectivity index (χ3v) is 12.2. The van der Waals surface area contributed by atoms with Crippen LogP contribution < -0.4 is 5.32 Å². The number of hydrogen-bond donors (Lipinski definition) is 3. The SMILES string of the molecule is CCCC/C=C\CCCCCCCC(=O)NC(COP(=O)(O)OCC[N+](C)(C)C)C(O)CCCCCCCCCCCCCCCCCCCCCCCCCC. The predicted octanol–water partition coefficient (Wildman–Crippen LogP) is 13.9. The summed E-state index contributed by atoms with van der Waals surface area (Å²) >= 11 is 0. The molecule has 9 heteroatoms. The standard InChI is InChI=1S/C48H97N2O6P/c1-6-8-10-12-14-16-18-19-20-21-22-23-24-25-26-27-28-29-30-32-33-35-37-39-41-47(51)46(45-56-57(53,54)55-44-43-50(3,4)5)49-48(52)42-40-38-36-34-31-17-15-13-11-9-7-2/h13,15,46-47,51H,6-12,14,16-45H2,1-5H3,(H-,49,52,53,54)/p+1/b15-13-. The third kappa shape index (κ3) is 43.1. The summed E-state index contributed by atoms with van der Waals surface area (Å²) in [5.41, 5.74) is 0. The summed E-state index contributed by atoms with van der Waals surface area (Å²) in [6.45, 7) is 4.86. The van der Waals surface area contributed by atoms with E-state index < -0.39 is 20.0 Å². The number of carbonyl (C=O) groups excluding carboxylic acids is 1. The van der Waals surface area contributed by atoms with Crippen LogP contribution in [0.1, 0.15) is 239 Å². The van der Waals surface area contributed by atoms with Crippen molar-refractivity contribution in [2.24, 2.45) is 0 Å². The molecule has 0 aliphatic rings. The van der Waals surface area contributed by atoms with E-state index in [1.165, 1.54) is 161 Å². The number of nitrogens with zero attached hydrogens (tertiary/aromatic N) is 1. The van der Waals surface area contributed by atoms with E-state index in [0.29, 0.717) is 23.9 Å². The van der Waals surface area contributed by atoms with Crippen LogP contribution in [0.25, 0.3) is 0 Å². The average Bonchev–Trinajstić information content (AvgIpc) is 3.16. The van der Waals surface area contributed by atoms with Gasteiger partial charge in [-0.1, -0.05) is 212 Å². The van der Waals surface area contributed by atoms with Gasteiger partial charge in [-0.2, -0.15) is 0 Å². The zero-order chi connectivity index (χ0) is 42.1. The van der Waals surface area contributed by atoms with Crippen LogP contribution in [-0.4, -0.2) is 73.4 Å². The number of phosphoric ester groups is 1. The van der Waals surface area contributed by atoms with Gasteiger partial charge in [0.2, 0.25) is 5.91 Å². The van der Waals surface area contributed by atoms with Crippen molar-refractivity contribution >= 4 is 13.7 Å². The maximum atomic E-state index is 12.9. The lowest BCUT2D eigenvalue weighted by Crippen LogP contribution is -2.46. The molecule has 0 aromatic rings. The number of hydrogen-bond acceptors (Lipinski definition) is 5. The summed E-state index contributed by atoms with van der Waals surface area (Å²) in [5, 5.41) is 14.0. The number of unbranched alkanes of at least 4 members (excludes halogenated alkanes) is 30. The summed E-state index contributed by atoms with van der Waals surface area (Å²) in [6.07, 6.45) is 46.8. The molecule has 0 aromatic carbocycles. The Kier molecular flexibility index (Phi) is 40.1. The van der Waals surface area contributed by atoms with Crippen molar-refractivity contribution in [3.8, 4) is 0 Å². The summed E-state index contributed by atoms with van der Waals surface area (Å²) in [7, 11) is 1.62. The number of quaternary nitrogens is 1. The van der Waals surface area contributed by atoms with E-state index in [1.807, 2.05) is 21.1 Å². The van der Waals surface area contributed by atoms with Crippen molar-refractivity contribution in [2.75, 3.05) is 40.9 Å². The third-order valence-electron chi connectivity index (χ3n) is 11.3. The van der Waals surface area contributed by atoms with Crippen LogP contribution in [0, 0.1) is 0 Å². The van der Waals surface area contributed by atoms with Crippen molar-refractivity contribution in [1.82, 2.24) is 5.32 Å². The molecule has 0 saturated carbocycles. The Morgan fingerprint density at radius 2 is 0.965 bits per heavy atom. The average molecular weight is 830 g/mol. The highest BCUT2D eigenvalue weighted by Gasteiger charge is 2.28. The lowest BCUT2D eigenvalue weighted by Gasteiger charge is -2.26. The Bertz CT molecular complexity index is 942. The van der Waals surface area contributed by atoms with Crippen molar-refractivity contribution in [1.29, 1.82) is 0 Å². The Hall–Kier alpha value is -0.760. The molecule has 3 atom stereocenters. The zero-order valence-electron chi connectivity index (χ0n) is 38.6. The minimum atomic E-state index is -4.31. The molecule has 0 radical (unpaired) electrons. The van der Waals surface area contributed by atoms with Crippen LogP contribution in [-0.2, 0) is 18.4 Å². The lowest BCUT2D eigenvalue weighted by atomic mass is 10.0. The van der Waals surface area contributed by atoms with E-state index in [0.717, 1.165) is 51.4 Å². The quantitative estimate of drug-likeness (QED) is 0.0244. The molecule has 3 N–H and O–H groups in total. The smallest absolute Gasteiger partial charge is 0.391 e. The van der Waals surface area contributed by atoms with Crippen LogP contribution in [0.15, 0.2) is 12.2 Å². The molecule has 340 valence electrons. The lowest BCUT2D eigenvalue weighted by molar-refractivity contribution is -0.870. The van der Waals surface area contributed by atoms with E-state index in [9.17, 15) is 19.4 Å². The second kappa shape index (κ2) is 40.6. The molecule has 0 aliphatic carbocycles. The van der Waals surface area contributed by atoms with Crippen molar-refractivity contribution in [3.05, 3.63) is 12.2 Å². The molecule has 0 rings (SSSR count). The fourth-order valence-electron chi connectivity index (χ4n) is 7.32. The van der Waals surface area contributed by atoms with Gasteiger partial charge < -0.3 is 19.8 Å². The Morgan fingerprint density at radius 3 is 1.40 bits per heavy atom. The first-order valence-electron chi connectivity index (χ1n) is 24.6. The van der Waals surface area contributed by atoms with Gasteiger partial charge in [0.15, 0.2) is 0 Å². The first kappa shape index (κ1) is 56.2. The van der Waals surface area contributed by atoms with E-state index in [-0.39, 0.29) is 19.1 Å². The van der Waals surface area contributed by atoms with Crippen LogP contribution in [0.3, 0.4) is 0 Å². The van der Waals surface area contributed by atoms with Gasteiger partial charge in [-0.05, 0) is 32.1 Å². The summed E-state index contributed by atoms with van der Waals surface area (Å²) in [5.74, 6) is -0.153. The van der Waals surface area contributed by atoms with Crippen LogP contribution in [0.2, 0.25) is 0 Å². The highest BCUT2D eigenvalue weighted by molar-refractivity contribution is 7.47. The summed E-state index contributed by atoms with van der Waals surface area (Å²) < 4.78 is 23.6. The van der Waals surface area contributed by atoms with Gasteiger partial charge in [0.1, 0.15) is 13.2 Å². The largest absolute Gasteiger partial charge is 0.472 e. The minimum Gasteiger partial charge on any atom is -0.391 e. The number of aliphatic hydroxyl groups excluding tert-OH is 1. The summed E-state index contributed by atoms with van der Waals surface area (Å²) in [6, 6.07) is -0.760. The molecule has 0 fully saturated rings. The number of carbonyl (C=O) groups is 1. The van der Waals surface area contributed by atoms with Crippen molar-refractivity contribution < 1.29 is 32.9 Å². The van der Waals surface area contributed by atoms with Gasteiger partial charge >= 0.3 is 7.82 Å².